The molecule has 0 amide bonds. The largest absolute Gasteiger partial charge is 0.463 e. The molecule has 1 N–H and O–H groups in total. The molecular weight excluding hydrogens is 263 g/mol. The van der Waals surface area contributed by atoms with E-state index in [9.17, 15) is 14.3 Å². The Labute approximate surface area is 116 Å². The predicted molar refractivity (Wildman–Crippen MR) is 78.7 cm³/mol. The highest BCUT2D eigenvalue weighted by molar-refractivity contribution is 7.57. The van der Waals surface area contributed by atoms with E-state index >= 15 is 0 Å². The van der Waals surface area contributed by atoms with Gasteiger partial charge in [-0.2, -0.15) is 0 Å². The smallest absolute Gasteiger partial charge is 0.330 e. The lowest BCUT2D eigenvalue weighted by molar-refractivity contribution is -0.137. The fourth-order valence-corrected chi connectivity index (χ4v) is 3.49. The van der Waals surface area contributed by atoms with Gasteiger partial charge in [0.1, 0.15) is 0 Å². The highest BCUT2D eigenvalue weighted by Gasteiger charge is 2.15. The predicted octanol–water partition coefficient (Wildman–Crippen LogP) is 3.74. The van der Waals surface area contributed by atoms with Gasteiger partial charge in [0.15, 0.2) is 0 Å². The lowest BCUT2D eigenvalue weighted by Gasteiger charge is -2.10. The van der Waals surface area contributed by atoms with Gasteiger partial charge in [-0.05, 0) is 19.3 Å². The van der Waals surface area contributed by atoms with Gasteiger partial charge in [0.25, 0.3) is 0 Å². The second kappa shape index (κ2) is 11.2. The summed E-state index contributed by atoms with van der Waals surface area (Å²) >= 11 is 0. The third kappa shape index (κ3) is 12.2. The van der Waals surface area contributed by atoms with Crippen molar-refractivity contribution in [3.8, 4) is 0 Å². The maximum Gasteiger partial charge on any atom is 0.330 e. The van der Waals surface area contributed by atoms with Gasteiger partial charge >= 0.3 is 5.97 Å². The summed E-state index contributed by atoms with van der Waals surface area (Å²) in [5.41, 5.74) is 0. The summed E-state index contributed by atoms with van der Waals surface area (Å²) in [7, 11) is -2.87. The van der Waals surface area contributed by atoms with Crippen LogP contribution < -0.4 is 0 Å². The fourth-order valence-electron chi connectivity index (χ4n) is 1.74. The molecule has 0 saturated carbocycles. The number of carbonyl (C=O) groups excluding carboxylic acids is 1. The van der Waals surface area contributed by atoms with Gasteiger partial charge in [-0.15, -0.1) is 0 Å². The van der Waals surface area contributed by atoms with E-state index in [1.807, 2.05) is 6.92 Å². The molecule has 0 aliphatic heterocycles. The number of unbranched alkanes of at least 4 members (excludes halogenated alkanes) is 5. The van der Waals surface area contributed by atoms with E-state index in [0.29, 0.717) is 18.9 Å². The third-order valence-electron chi connectivity index (χ3n) is 2.92. The van der Waals surface area contributed by atoms with Crippen LogP contribution in [-0.2, 0) is 14.1 Å². The molecular formula is C14H27O4P. The number of ether oxygens (including phenoxy) is 1. The van der Waals surface area contributed by atoms with E-state index in [4.69, 9.17) is 4.74 Å². The lowest BCUT2D eigenvalue weighted by Crippen LogP contribution is -2.01. The van der Waals surface area contributed by atoms with Crippen molar-refractivity contribution in [2.75, 3.05) is 18.9 Å². The van der Waals surface area contributed by atoms with Crippen molar-refractivity contribution in [2.24, 2.45) is 0 Å². The van der Waals surface area contributed by atoms with Gasteiger partial charge in [0.05, 0.1) is 6.61 Å². The van der Waals surface area contributed by atoms with Crippen molar-refractivity contribution in [1.29, 1.82) is 0 Å². The van der Waals surface area contributed by atoms with Gasteiger partial charge in [-0.25, -0.2) is 4.79 Å². The maximum absolute atomic E-state index is 11.7. The highest BCUT2D eigenvalue weighted by Crippen LogP contribution is 2.42. The summed E-state index contributed by atoms with van der Waals surface area (Å²) in [6.07, 6.45) is 8.47. The SMILES string of the molecule is C=CC(=O)OCCCCCCCP(=O)(O)CCCC. The van der Waals surface area contributed by atoms with E-state index in [1.165, 1.54) is 0 Å². The Hall–Kier alpha value is -0.600. The molecule has 0 aliphatic carbocycles. The van der Waals surface area contributed by atoms with Crippen LogP contribution in [0.3, 0.4) is 0 Å². The first-order chi connectivity index (χ1) is 9.02. The normalized spacial score (nSPS) is 13.8. The van der Waals surface area contributed by atoms with Crippen molar-refractivity contribution in [1.82, 2.24) is 0 Å². The Morgan fingerprint density at radius 3 is 2.37 bits per heavy atom. The van der Waals surface area contributed by atoms with E-state index in [2.05, 4.69) is 6.58 Å². The van der Waals surface area contributed by atoms with Crippen LogP contribution in [0.15, 0.2) is 12.7 Å². The Balaban J connectivity index is 3.37. The van der Waals surface area contributed by atoms with E-state index in [-0.39, 0.29) is 5.97 Å². The van der Waals surface area contributed by atoms with Gasteiger partial charge in [-0.3, -0.25) is 4.57 Å². The summed E-state index contributed by atoms with van der Waals surface area (Å²) < 4.78 is 16.6. The summed E-state index contributed by atoms with van der Waals surface area (Å²) in [5.74, 6) is -0.378. The van der Waals surface area contributed by atoms with Crippen LogP contribution in [0.1, 0.15) is 51.9 Å². The van der Waals surface area contributed by atoms with E-state index < -0.39 is 7.37 Å². The minimum Gasteiger partial charge on any atom is -0.463 e. The Morgan fingerprint density at radius 1 is 1.16 bits per heavy atom. The molecule has 5 heteroatoms. The quantitative estimate of drug-likeness (QED) is 0.257. The molecule has 1 atom stereocenters. The maximum atomic E-state index is 11.7. The first-order valence-electron chi connectivity index (χ1n) is 7.12. The number of carbonyl (C=O) groups is 1. The fraction of sp³-hybridized carbons (Fsp3) is 0.786. The molecule has 1 unspecified atom stereocenters. The van der Waals surface area contributed by atoms with Gasteiger partial charge in [-0.1, -0.05) is 39.2 Å². The minimum absolute atomic E-state index is 0.378. The van der Waals surface area contributed by atoms with Crippen molar-refractivity contribution < 1.29 is 19.0 Å². The minimum atomic E-state index is -2.87. The van der Waals surface area contributed by atoms with E-state index in [0.717, 1.165) is 51.0 Å². The van der Waals surface area contributed by atoms with Gasteiger partial charge < -0.3 is 9.63 Å². The van der Waals surface area contributed by atoms with Gasteiger partial charge in [0.2, 0.25) is 7.37 Å². The summed E-state index contributed by atoms with van der Waals surface area (Å²) in [6.45, 7) is 5.78. The Kier molecular flexibility index (Phi) is 10.9. The van der Waals surface area contributed by atoms with Crippen LogP contribution >= 0.6 is 7.37 Å². The summed E-state index contributed by atoms with van der Waals surface area (Å²) in [5, 5.41) is 0. The van der Waals surface area contributed by atoms with E-state index in [1.54, 1.807) is 0 Å². The monoisotopic (exact) mass is 290 g/mol. The molecule has 0 fully saturated rings. The molecule has 0 aliphatic rings. The zero-order valence-corrected chi connectivity index (χ0v) is 12.9. The number of hydrogen-bond donors (Lipinski definition) is 1. The average Bonchev–Trinajstić information content (AvgIpc) is 2.39. The molecule has 0 aromatic heterocycles. The number of hydrogen-bond acceptors (Lipinski definition) is 3. The molecule has 112 valence electrons. The molecule has 0 aromatic rings. The zero-order valence-electron chi connectivity index (χ0n) is 12.0. The van der Waals surface area contributed by atoms with Crippen LogP contribution in [0.2, 0.25) is 0 Å². The highest BCUT2D eigenvalue weighted by atomic mass is 31.2. The molecule has 0 radical (unpaired) electrons. The molecule has 0 saturated heterocycles. The molecule has 0 heterocycles. The van der Waals surface area contributed by atoms with Crippen molar-refractivity contribution in [3.05, 3.63) is 12.7 Å². The van der Waals surface area contributed by atoms with Gasteiger partial charge in [0, 0.05) is 18.4 Å². The van der Waals surface area contributed by atoms with Crippen molar-refractivity contribution >= 4 is 13.3 Å². The van der Waals surface area contributed by atoms with Crippen LogP contribution in [-0.4, -0.2) is 29.8 Å². The molecule has 4 nitrogen and oxygen atoms in total. The average molecular weight is 290 g/mol. The number of esters is 1. The summed E-state index contributed by atoms with van der Waals surface area (Å²) in [4.78, 5) is 20.4. The standard InChI is InChI=1S/C14H27O4P/c1-3-5-12-19(16,17)13-10-8-6-7-9-11-18-14(15)4-2/h4H,2-3,5-13H2,1H3,(H,16,17). The molecule has 0 bridgehead atoms. The lowest BCUT2D eigenvalue weighted by atomic mass is 10.2. The van der Waals surface area contributed by atoms with Crippen LogP contribution in [0.4, 0.5) is 0 Å². The van der Waals surface area contributed by atoms with Crippen LogP contribution in [0.25, 0.3) is 0 Å². The zero-order chi connectivity index (χ0) is 14.6. The number of rotatable bonds is 12. The van der Waals surface area contributed by atoms with Crippen LogP contribution in [0, 0.1) is 0 Å². The topological polar surface area (TPSA) is 63.6 Å². The Morgan fingerprint density at radius 2 is 1.74 bits per heavy atom. The second-order valence-corrected chi connectivity index (χ2v) is 7.37. The van der Waals surface area contributed by atoms with Crippen molar-refractivity contribution in [2.45, 2.75) is 51.9 Å². The summed E-state index contributed by atoms with van der Waals surface area (Å²) in [6, 6.07) is 0. The Bertz CT molecular complexity index is 302. The second-order valence-electron chi connectivity index (χ2n) is 4.79. The van der Waals surface area contributed by atoms with Crippen LogP contribution in [0.5, 0.6) is 0 Å². The third-order valence-corrected chi connectivity index (χ3v) is 4.95. The molecule has 0 aromatic carbocycles. The molecule has 19 heavy (non-hydrogen) atoms. The molecule has 0 spiro atoms. The first kappa shape index (κ1) is 18.4. The van der Waals surface area contributed by atoms with Crippen molar-refractivity contribution in [3.63, 3.8) is 0 Å². The first-order valence-corrected chi connectivity index (χ1v) is 9.15. The molecule has 0 rings (SSSR count).